The van der Waals surface area contributed by atoms with Gasteiger partial charge in [-0.25, -0.2) is 9.48 Å². The van der Waals surface area contributed by atoms with Crippen LogP contribution in [0.1, 0.15) is 38.2 Å². The van der Waals surface area contributed by atoms with E-state index < -0.39 is 11.9 Å². The Labute approximate surface area is 214 Å². The molecular weight excluding hydrogens is 492 g/mol. The normalized spacial score (nSPS) is 11.5. The standard InChI is InChI=1S/C25H20N8O3S/c1-2-21-30-33(25(37-21)27-23(34)20-13-26-12-11-19(20)24(35)36)14-15-7-9-16(10-8-15)17-5-3-4-6-18(17)22-28-31-32-29-22/h3-13H,2,14H2,1H3,(H,35,36)(H,28,29,31,32). The predicted octanol–water partition coefficient (Wildman–Crippen LogP) is 3.24. The van der Waals surface area contributed by atoms with E-state index in [0.717, 1.165) is 27.3 Å². The van der Waals surface area contributed by atoms with Gasteiger partial charge < -0.3 is 5.11 Å². The minimum absolute atomic E-state index is 0.0716. The fraction of sp³-hybridized carbons (Fsp3) is 0.120. The van der Waals surface area contributed by atoms with Crippen molar-refractivity contribution in [2.24, 2.45) is 4.99 Å². The second-order valence-electron chi connectivity index (χ2n) is 7.91. The molecule has 0 bridgehead atoms. The Balaban J connectivity index is 1.45. The van der Waals surface area contributed by atoms with Crippen molar-refractivity contribution in [1.29, 1.82) is 0 Å². The number of aromatic nitrogens is 7. The molecule has 5 aromatic rings. The molecule has 1 amide bonds. The quantitative estimate of drug-likeness (QED) is 0.337. The summed E-state index contributed by atoms with van der Waals surface area (Å²) >= 11 is 1.29. The minimum Gasteiger partial charge on any atom is -0.478 e. The molecule has 3 aromatic heterocycles. The number of nitrogens with zero attached hydrogens (tertiary/aromatic N) is 7. The molecule has 0 aliphatic rings. The number of carboxylic acid groups (broad SMARTS) is 1. The van der Waals surface area contributed by atoms with Gasteiger partial charge >= 0.3 is 5.97 Å². The highest BCUT2D eigenvalue weighted by molar-refractivity contribution is 7.08. The second-order valence-corrected chi connectivity index (χ2v) is 8.95. The van der Waals surface area contributed by atoms with Crippen molar-refractivity contribution in [3.05, 3.63) is 93.5 Å². The van der Waals surface area contributed by atoms with Gasteiger partial charge in [-0.05, 0) is 34.4 Å². The molecule has 0 aliphatic heterocycles. The van der Waals surface area contributed by atoms with E-state index in [9.17, 15) is 14.7 Å². The summed E-state index contributed by atoms with van der Waals surface area (Å²) < 4.78 is 1.65. The molecule has 0 unspecified atom stereocenters. The zero-order valence-electron chi connectivity index (χ0n) is 19.6. The van der Waals surface area contributed by atoms with Gasteiger partial charge in [-0.3, -0.25) is 9.78 Å². The molecule has 37 heavy (non-hydrogen) atoms. The molecule has 0 radical (unpaired) electrons. The number of nitrogens with one attached hydrogen (secondary N) is 1. The first-order valence-electron chi connectivity index (χ1n) is 11.3. The first-order chi connectivity index (χ1) is 18.0. The third kappa shape index (κ3) is 5.09. The number of pyridine rings is 1. The molecule has 5 rings (SSSR count). The van der Waals surface area contributed by atoms with Gasteiger partial charge in [0.2, 0.25) is 10.6 Å². The number of rotatable bonds is 7. The van der Waals surface area contributed by atoms with Crippen LogP contribution in [0.3, 0.4) is 0 Å². The van der Waals surface area contributed by atoms with Crippen molar-refractivity contribution < 1.29 is 14.7 Å². The molecule has 0 atom stereocenters. The number of carbonyl (C=O) groups is 2. The highest BCUT2D eigenvalue weighted by atomic mass is 32.1. The minimum atomic E-state index is -1.21. The van der Waals surface area contributed by atoms with Crippen LogP contribution in [0, 0.1) is 0 Å². The number of hydrogen-bond acceptors (Lipinski definition) is 8. The number of aryl methyl sites for hydroxylation is 1. The lowest BCUT2D eigenvalue weighted by Crippen LogP contribution is -2.20. The number of aromatic amines is 1. The summed E-state index contributed by atoms with van der Waals surface area (Å²) in [6, 6.07) is 17.0. The van der Waals surface area contributed by atoms with Crippen LogP contribution in [0.15, 0.2) is 72.0 Å². The molecule has 0 aliphatic carbocycles. The van der Waals surface area contributed by atoms with Gasteiger partial charge in [0.15, 0.2) is 0 Å². The zero-order chi connectivity index (χ0) is 25.8. The first-order valence-corrected chi connectivity index (χ1v) is 12.1. The van der Waals surface area contributed by atoms with Crippen LogP contribution in [-0.4, -0.2) is 52.4 Å². The Kier molecular flexibility index (Phi) is 6.72. The van der Waals surface area contributed by atoms with Crippen LogP contribution in [0.5, 0.6) is 0 Å². The zero-order valence-corrected chi connectivity index (χ0v) is 20.4. The summed E-state index contributed by atoms with van der Waals surface area (Å²) in [5.74, 6) is -1.38. The largest absolute Gasteiger partial charge is 0.478 e. The molecule has 11 nitrogen and oxygen atoms in total. The van der Waals surface area contributed by atoms with Crippen molar-refractivity contribution in [2.45, 2.75) is 19.9 Å². The number of amides is 1. The molecule has 12 heteroatoms. The Morgan fingerprint density at radius 1 is 1.05 bits per heavy atom. The number of H-pyrrole nitrogens is 1. The summed E-state index contributed by atoms with van der Waals surface area (Å²) in [6.07, 6.45) is 3.21. The maximum Gasteiger partial charge on any atom is 0.336 e. The van der Waals surface area contributed by atoms with Gasteiger partial charge in [0.25, 0.3) is 5.91 Å². The van der Waals surface area contributed by atoms with E-state index >= 15 is 0 Å². The Bertz CT molecular complexity index is 1640. The lowest BCUT2D eigenvalue weighted by molar-refractivity contribution is 0.0692. The Hall–Kier alpha value is -4.84. The molecule has 0 spiro atoms. The number of hydrogen-bond donors (Lipinski definition) is 2. The molecule has 0 saturated carbocycles. The van der Waals surface area contributed by atoms with Crippen LogP contribution >= 0.6 is 11.3 Å². The Morgan fingerprint density at radius 3 is 2.54 bits per heavy atom. The third-order valence-electron chi connectivity index (χ3n) is 5.55. The maximum atomic E-state index is 12.9. The lowest BCUT2D eigenvalue weighted by Gasteiger charge is -2.08. The average molecular weight is 513 g/mol. The highest BCUT2D eigenvalue weighted by Crippen LogP contribution is 2.29. The average Bonchev–Trinajstić information content (AvgIpc) is 3.60. The molecule has 3 heterocycles. The van der Waals surface area contributed by atoms with Crippen molar-refractivity contribution in [3.63, 3.8) is 0 Å². The summed E-state index contributed by atoms with van der Waals surface area (Å²) in [6.45, 7) is 2.35. The van der Waals surface area contributed by atoms with E-state index in [-0.39, 0.29) is 11.1 Å². The van der Waals surface area contributed by atoms with E-state index in [2.05, 4.69) is 35.7 Å². The Morgan fingerprint density at radius 2 is 1.84 bits per heavy atom. The molecule has 184 valence electrons. The van der Waals surface area contributed by atoms with E-state index in [0.29, 0.717) is 23.6 Å². The monoisotopic (exact) mass is 512 g/mol. The van der Waals surface area contributed by atoms with Crippen LogP contribution in [0.4, 0.5) is 0 Å². The van der Waals surface area contributed by atoms with E-state index in [1.165, 1.54) is 29.8 Å². The highest BCUT2D eigenvalue weighted by Gasteiger charge is 2.17. The van der Waals surface area contributed by atoms with Gasteiger partial charge in [0.1, 0.15) is 5.01 Å². The second kappa shape index (κ2) is 10.4. The van der Waals surface area contributed by atoms with Gasteiger partial charge in [0, 0.05) is 18.0 Å². The van der Waals surface area contributed by atoms with Crippen molar-refractivity contribution in [1.82, 2.24) is 35.4 Å². The topological polar surface area (TPSA) is 152 Å². The molecule has 2 N–H and O–H groups in total. The fourth-order valence-corrected chi connectivity index (χ4v) is 4.58. The van der Waals surface area contributed by atoms with E-state index in [1.54, 1.807) is 4.68 Å². The van der Waals surface area contributed by atoms with Crippen molar-refractivity contribution in [3.8, 4) is 22.5 Å². The van der Waals surface area contributed by atoms with Crippen LogP contribution < -0.4 is 4.80 Å². The maximum absolute atomic E-state index is 12.9. The van der Waals surface area contributed by atoms with E-state index in [1.807, 2.05) is 55.5 Å². The molecule has 2 aromatic carbocycles. The SMILES string of the molecule is CCc1nn(Cc2ccc(-c3ccccc3-c3nn[nH]n3)cc2)c(=NC(=O)c2cnccc2C(=O)O)s1. The smallest absolute Gasteiger partial charge is 0.336 e. The number of carboxylic acids is 1. The van der Waals surface area contributed by atoms with Gasteiger partial charge in [-0.1, -0.05) is 66.8 Å². The van der Waals surface area contributed by atoms with Crippen LogP contribution in [-0.2, 0) is 13.0 Å². The summed E-state index contributed by atoms with van der Waals surface area (Å²) in [7, 11) is 0. The summed E-state index contributed by atoms with van der Waals surface area (Å²) in [4.78, 5) is 32.8. The fourth-order valence-electron chi connectivity index (χ4n) is 3.75. The number of aromatic carboxylic acids is 1. The predicted molar refractivity (Wildman–Crippen MR) is 135 cm³/mol. The molecular formula is C25H20N8O3S. The summed E-state index contributed by atoms with van der Waals surface area (Å²) in [5, 5.41) is 29.1. The van der Waals surface area contributed by atoms with E-state index in [4.69, 9.17) is 0 Å². The number of benzene rings is 2. The summed E-state index contributed by atoms with van der Waals surface area (Å²) in [5.41, 5.74) is 3.55. The van der Waals surface area contributed by atoms with Crippen molar-refractivity contribution >= 4 is 23.2 Å². The van der Waals surface area contributed by atoms with Crippen LogP contribution in [0.25, 0.3) is 22.5 Å². The van der Waals surface area contributed by atoms with Gasteiger partial charge in [0.05, 0.1) is 17.7 Å². The lowest BCUT2D eigenvalue weighted by atomic mass is 9.98. The number of tetrazole rings is 1. The molecule has 0 fully saturated rings. The van der Waals surface area contributed by atoms with Gasteiger partial charge in [-0.2, -0.15) is 15.3 Å². The van der Waals surface area contributed by atoms with Crippen LogP contribution in [0.2, 0.25) is 0 Å². The van der Waals surface area contributed by atoms with Gasteiger partial charge in [-0.15, -0.1) is 10.2 Å². The molecule has 0 saturated heterocycles. The van der Waals surface area contributed by atoms with Crippen molar-refractivity contribution in [2.75, 3.05) is 0 Å². The number of carbonyl (C=O) groups excluding carboxylic acids is 1. The third-order valence-corrected chi connectivity index (χ3v) is 6.64. The first kappa shape index (κ1) is 23.9.